The Bertz CT molecular complexity index is 454. The zero-order chi connectivity index (χ0) is 14.8. The highest BCUT2D eigenvalue weighted by atomic mass is 19.4. The summed E-state index contributed by atoms with van der Waals surface area (Å²) < 4.78 is 39.0. The number of piperidine rings is 1. The van der Waals surface area contributed by atoms with Gasteiger partial charge in [0.25, 0.3) is 0 Å². The van der Waals surface area contributed by atoms with E-state index >= 15 is 0 Å². The van der Waals surface area contributed by atoms with Crippen LogP contribution in [0.15, 0.2) is 18.5 Å². The van der Waals surface area contributed by atoms with Gasteiger partial charge in [-0.3, -0.25) is 4.98 Å². The molecule has 1 fully saturated rings. The Morgan fingerprint density at radius 1 is 1.35 bits per heavy atom. The van der Waals surface area contributed by atoms with Gasteiger partial charge in [0.15, 0.2) is 0 Å². The molecule has 1 aliphatic heterocycles. The maximum atomic E-state index is 13.0. The molecule has 0 amide bonds. The SMILES string of the molecule is CC(O)(CC1CCCCN1)c1cnccc1C(F)(F)F. The Morgan fingerprint density at radius 2 is 2.10 bits per heavy atom. The first-order valence-electron chi connectivity index (χ1n) is 6.78. The number of rotatable bonds is 3. The van der Waals surface area contributed by atoms with Crippen molar-refractivity contribution >= 4 is 0 Å². The van der Waals surface area contributed by atoms with E-state index in [2.05, 4.69) is 10.3 Å². The molecule has 2 rings (SSSR count). The van der Waals surface area contributed by atoms with Crippen LogP contribution in [0.1, 0.15) is 43.7 Å². The topological polar surface area (TPSA) is 45.1 Å². The highest BCUT2D eigenvalue weighted by Gasteiger charge is 2.39. The summed E-state index contributed by atoms with van der Waals surface area (Å²) in [6.45, 7) is 2.27. The number of hydrogen-bond donors (Lipinski definition) is 2. The number of hydrogen-bond acceptors (Lipinski definition) is 3. The van der Waals surface area contributed by atoms with Gasteiger partial charge in [0.05, 0.1) is 11.2 Å². The van der Waals surface area contributed by atoms with E-state index in [1.165, 1.54) is 6.92 Å². The van der Waals surface area contributed by atoms with Gasteiger partial charge in [-0.05, 0) is 38.8 Å². The summed E-state index contributed by atoms with van der Waals surface area (Å²) in [6, 6.07) is 0.956. The molecule has 2 unspecified atom stereocenters. The molecule has 1 aromatic heterocycles. The summed E-state index contributed by atoms with van der Waals surface area (Å²) in [6.07, 6.45) is 0.959. The van der Waals surface area contributed by atoms with Crippen molar-refractivity contribution in [1.82, 2.24) is 10.3 Å². The van der Waals surface area contributed by atoms with Gasteiger partial charge in [0.1, 0.15) is 0 Å². The number of aliphatic hydroxyl groups is 1. The average Bonchev–Trinajstić information content (AvgIpc) is 2.38. The van der Waals surface area contributed by atoms with Crippen LogP contribution in [-0.2, 0) is 11.8 Å². The fourth-order valence-corrected chi connectivity index (χ4v) is 2.76. The van der Waals surface area contributed by atoms with Crippen molar-refractivity contribution in [2.24, 2.45) is 0 Å². The number of nitrogens with zero attached hydrogens (tertiary/aromatic N) is 1. The second-order valence-electron chi connectivity index (χ2n) is 5.54. The van der Waals surface area contributed by atoms with E-state index in [0.717, 1.165) is 44.3 Å². The standard InChI is InChI=1S/C14H19F3N2O/c1-13(20,8-10-4-2-3-6-19-10)12-9-18-7-5-11(12)14(15,16)17/h5,7,9-10,19-20H,2-4,6,8H2,1H3. The zero-order valence-corrected chi connectivity index (χ0v) is 11.4. The molecule has 2 atom stereocenters. The van der Waals surface area contributed by atoms with Crippen molar-refractivity contribution in [2.75, 3.05) is 6.54 Å². The Morgan fingerprint density at radius 3 is 2.70 bits per heavy atom. The fraction of sp³-hybridized carbons (Fsp3) is 0.643. The van der Waals surface area contributed by atoms with E-state index < -0.39 is 17.3 Å². The van der Waals surface area contributed by atoms with Crippen LogP contribution in [0.2, 0.25) is 0 Å². The van der Waals surface area contributed by atoms with E-state index in [9.17, 15) is 18.3 Å². The molecule has 2 heterocycles. The highest BCUT2D eigenvalue weighted by molar-refractivity contribution is 5.31. The minimum Gasteiger partial charge on any atom is -0.385 e. The number of aromatic nitrogens is 1. The van der Waals surface area contributed by atoms with Crippen LogP contribution in [0.4, 0.5) is 13.2 Å². The Kier molecular flexibility index (Phi) is 4.34. The second kappa shape index (κ2) is 5.69. The van der Waals surface area contributed by atoms with E-state index in [-0.39, 0.29) is 18.0 Å². The van der Waals surface area contributed by atoms with Crippen molar-refractivity contribution in [3.05, 3.63) is 29.6 Å². The van der Waals surface area contributed by atoms with E-state index in [0.29, 0.717) is 0 Å². The summed E-state index contributed by atoms with van der Waals surface area (Å²) >= 11 is 0. The molecule has 6 heteroatoms. The molecule has 3 nitrogen and oxygen atoms in total. The summed E-state index contributed by atoms with van der Waals surface area (Å²) in [7, 11) is 0. The molecule has 0 aliphatic carbocycles. The van der Waals surface area contributed by atoms with Crippen LogP contribution in [0, 0.1) is 0 Å². The predicted molar refractivity (Wildman–Crippen MR) is 69.1 cm³/mol. The first-order chi connectivity index (χ1) is 9.31. The molecule has 0 saturated carbocycles. The lowest BCUT2D eigenvalue weighted by Gasteiger charge is -2.33. The maximum Gasteiger partial charge on any atom is 0.416 e. The lowest BCUT2D eigenvalue weighted by molar-refractivity contribution is -0.140. The number of pyridine rings is 1. The number of halogens is 3. The van der Waals surface area contributed by atoms with Crippen LogP contribution in [0.25, 0.3) is 0 Å². The Hall–Kier alpha value is -1.14. The molecule has 1 aliphatic rings. The van der Waals surface area contributed by atoms with Gasteiger partial charge in [0.2, 0.25) is 0 Å². The Labute approximate surface area is 116 Å². The lowest BCUT2D eigenvalue weighted by Crippen LogP contribution is -2.40. The van der Waals surface area contributed by atoms with Gasteiger partial charge in [-0.25, -0.2) is 0 Å². The second-order valence-corrected chi connectivity index (χ2v) is 5.54. The lowest BCUT2D eigenvalue weighted by atomic mass is 9.85. The molecule has 1 aromatic rings. The zero-order valence-electron chi connectivity index (χ0n) is 11.4. The molecule has 1 saturated heterocycles. The van der Waals surface area contributed by atoms with Crippen LogP contribution >= 0.6 is 0 Å². The normalized spacial score (nSPS) is 23.4. The van der Waals surface area contributed by atoms with E-state index in [1.807, 2.05) is 0 Å². The van der Waals surface area contributed by atoms with Crippen LogP contribution in [-0.4, -0.2) is 22.7 Å². The molecule has 20 heavy (non-hydrogen) atoms. The third-order valence-corrected chi connectivity index (χ3v) is 3.76. The summed E-state index contributed by atoms with van der Waals surface area (Å²) in [5.41, 5.74) is -2.51. The smallest absolute Gasteiger partial charge is 0.385 e. The van der Waals surface area contributed by atoms with Gasteiger partial charge in [-0.1, -0.05) is 6.42 Å². The quantitative estimate of drug-likeness (QED) is 0.899. The molecule has 0 spiro atoms. The van der Waals surface area contributed by atoms with Crippen molar-refractivity contribution in [3.63, 3.8) is 0 Å². The van der Waals surface area contributed by atoms with Crippen molar-refractivity contribution in [3.8, 4) is 0 Å². The summed E-state index contributed by atoms with van der Waals surface area (Å²) in [5.74, 6) is 0. The maximum absolute atomic E-state index is 13.0. The molecular weight excluding hydrogens is 269 g/mol. The average molecular weight is 288 g/mol. The summed E-state index contributed by atoms with van der Waals surface area (Å²) in [4.78, 5) is 3.74. The van der Waals surface area contributed by atoms with Gasteiger partial charge in [0, 0.05) is 24.0 Å². The first-order valence-corrected chi connectivity index (χ1v) is 6.78. The monoisotopic (exact) mass is 288 g/mol. The fourth-order valence-electron chi connectivity index (χ4n) is 2.76. The largest absolute Gasteiger partial charge is 0.416 e. The minimum absolute atomic E-state index is 0.0417. The van der Waals surface area contributed by atoms with Crippen LogP contribution < -0.4 is 5.32 Å². The van der Waals surface area contributed by atoms with Gasteiger partial charge < -0.3 is 10.4 Å². The predicted octanol–water partition coefficient (Wildman–Crippen LogP) is 2.84. The van der Waals surface area contributed by atoms with Gasteiger partial charge in [-0.2, -0.15) is 13.2 Å². The van der Waals surface area contributed by atoms with Gasteiger partial charge >= 0.3 is 6.18 Å². The molecule has 0 aromatic carbocycles. The van der Waals surface area contributed by atoms with Crippen molar-refractivity contribution in [1.29, 1.82) is 0 Å². The number of alkyl halides is 3. The summed E-state index contributed by atoms with van der Waals surface area (Å²) in [5, 5.41) is 13.7. The van der Waals surface area contributed by atoms with Crippen LogP contribution in [0.5, 0.6) is 0 Å². The van der Waals surface area contributed by atoms with E-state index in [1.54, 1.807) is 0 Å². The highest BCUT2D eigenvalue weighted by Crippen LogP contribution is 2.38. The Balaban J connectivity index is 2.24. The van der Waals surface area contributed by atoms with Crippen molar-refractivity contribution < 1.29 is 18.3 Å². The molecular formula is C14H19F3N2O. The first kappa shape index (κ1) is 15.3. The molecule has 0 bridgehead atoms. The molecule has 112 valence electrons. The number of nitrogens with one attached hydrogen (secondary N) is 1. The molecule has 2 N–H and O–H groups in total. The third kappa shape index (κ3) is 3.49. The molecule has 0 radical (unpaired) electrons. The van der Waals surface area contributed by atoms with Crippen molar-refractivity contribution in [2.45, 2.75) is 50.4 Å². The van der Waals surface area contributed by atoms with E-state index in [4.69, 9.17) is 0 Å². The van der Waals surface area contributed by atoms with Gasteiger partial charge in [-0.15, -0.1) is 0 Å². The minimum atomic E-state index is -4.48. The van der Waals surface area contributed by atoms with Crippen LogP contribution in [0.3, 0.4) is 0 Å². The third-order valence-electron chi connectivity index (χ3n) is 3.76.